The molecular formula is C13H15F4NO2. The molecule has 0 aromatic heterocycles. The lowest BCUT2D eigenvalue weighted by Gasteiger charge is -2.30. The van der Waals surface area contributed by atoms with E-state index in [2.05, 4.69) is 0 Å². The van der Waals surface area contributed by atoms with Gasteiger partial charge in [0.25, 0.3) is 0 Å². The topological polar surface area (TPSA) is 40.5 Å². The molecule has 1 unspecified atom stereocenters. The van der Waals surface area contributed by atoms with Crippen LogP contribution < -0.4 is 0 Å². The van der Waals surface area contributed by atoms with E-state index in [0.29, 0.717) is 5.56 Å². The molecular weight excluding hydrogens is 278 g/mol. The molecule has 0 aliphatic heterocycles. The number of benzene rings is 1. The highest BCUT2D eigenvalue weighted by molar-refractivity contribution is 5.69. The predicted octanol–water partition coefficient (Wildman–Crippen LogP) is 3.23. The molecule has 1 aromatic carbocycles. The van der Waals surface area contributed by atoms with Crippen molar-refractivity contribution in [3.63, 3.8) is 0 Å². The van der Waals surface area contributed by atoms with Crippen molar-refractivity contribution in [2.45, 2.75) is 25.6 Å². The Bertz CT molecular complexity index is 445. The van der Waals surface area contributed by atoms with Gasteiger partial charge < -0.3 is 5.11 Å². The SMILES string of the molecule is CCC(c1ccc(F)cc1)N(CC(=O)O)CC(F)(F)F. The third-order valence-electron chi connectivity index (χ3n) is 2.80. The molecule has 0 fully saturated rings. The molecule has 0 saturated carbocycles. The van der Waals surface area contributed by atoms with Crippen LogP contribution in [0.25, 0.3) is 0 Å². The molecule has 0 heterocycles. The van der Waals surface area contributed by atoms with Crippen LogP contribution in [-0.2, 0) is 4.79 Å². The van der Waals surface area contributed by atoms with Crippen LogP contribution in [-0.4, -0.2) is 35.2 Å². The first-order chi connectivity index (χ1) is 9.23. The second-order valence-corrected chi connectivity index (χ2v) is 4.39. The fourth-order valence-corrected chi connectivity index (χ4v) is 2.07. The minimum Gasteiger partial charge on any atom is -0.480 e. The van der Waals surface area contributed by atoms with Gasteiger partial charge in [0.15, 0.2) is 0 Å². The Hall–Kier alpha value is -1.63. The Morgan fingerprint density at radius 2 is 1.85 bits per heavy atom. The molecule has 1 atom stereocenters. The molecule has 0 radical (unpaired) electrons. The normalized spacial score (nSPS) is 13.5. The highest BCUT2D eigenvalue weighted by Gasteiger charge is 2.34. The van der Waals surface area contributed by atoms with E-state index in [1.807, 2.05) is 0 Å². The summed E-state index contributed by atoms with van der Waals surface area (Å²) in [6.45, 7) is -0.399. The van der Waals surface area contributed by atoms with Gasteiger partial charge in [0, 0.05) is 6.04 Å². The molecule has 3 nitrogen and oxygen atoms in total. The van der Waals surface area contributed by atoms with E-state index in [1.165, 1.54) is 12.1 Å². The zero-order valence-corrected chi connectivity index (χ0v) is 10.8. The second kappa shape index (κ2) is 6.69. The first kappa shape index (κ1) is 16.4. The van der Waals surface area contributed by atoms with Crippen LogP contribution in [0.15, 0.2) is 24.3 Å². The molecule has 0 amide bonds. The van der Waals surface area contributed by atoms with Crippen molar-refractivity contribution in [3.05, 3.63) is 35.6 Å². The number of halogens is 4. The summed E-state index contributed by atoms with van der Waals surface area (Å²) >= 11 is 0. The summed E-state index contributed by atoms with van der Waals surface area (Å²) in [6.07, 6.45) is -4.21. The van der Waals surface area contributed by atoms with Gasteiger partial charge in [-0.3, -0.25) is 9.69 Å². The Morgan fingerprint density at radius 3 is 2.25 bits per heavy atom. The summed E-state index contributed by atoms with van der Waals surface area (Å²) in [6, 6.07) is 4.30. The maximum atomic E-state index is 12.8. The zero-order chi connectivity index (χ0) is 15.3. The smallest absolute Gasteiger partial charge is 0.401 e. The average molecular weight is 293 g/mol. The number of hydrogen-bond acceptors (Lipinski definition) is 2. The van der Waals surface area contributed by atoms with Crippen LogP contribution >= 0.6 is 0 Å². The summed E-state index contributed by atoms with van der Waals surface area (Å²) in [5.74, 6) is -1.83. The van der Waals surface area contributed by atoms with Gasteiger partial charge in [-0.25, -0.2) is 4.39 Å². The number of carboxylic acids is 1. The highest BCUT2D eigenvalue weighted by Crippen LogP contribution is 2.28. The van der Waals surface area contributed by atoms with E-state index >= 15 is 0 Å². The number of carboxylic acid groups (broad SMARTS) is 1. The molecule has 112 valence electrons. The van der Waals surface area contributed by atoms with Crippen LogP contribution in [0.5, 0.6) is 0 Å². The summed E-state index contributed by atoms with van der Waals surface area (Å²) in [5, 5.41) is 8.75. The first-order valence-electron chi connectivity index (χ1n) is 6.01. The zero-order valence-electron chi connectivity index (χ0n) is 10.8. The van der Waals surface area contributed by atoms with E-state index in [9.17, 15) is 22.4 Å². The van der Waals surface area contributed by atoms with E-state index in [1.54, 1.807) is 6.92 Å². The van der Waals surface area contributed by atoms with Crippen molar-refractivity contribution in [3.8, 4) is 0 Å². The minimum absolute atomic E-state index is 0.287. The Labute approximate surface area is 113 Å². The van der Waals surface area contributed by atoms with Crippen LogP contribution in [0.1, 0.15) is 24.9 Å². The molecule has 1 aromatic rings. The fourth-order valence-electron chi connectivity index (χ4n) is 2.07. The van der Waals surface area contributed by atoms with Gasteiger partial charge in [-0.1, -0.05) is 19.1 Å². The van der Waals surface area contributed by atoms with E-state index < -0.39 is 37.1 Å². The van der Waals surface area contributed by atoms with E-state index in [4.69, 9.17) is 5.11 Å². The van der Waals surface area contributed by atoms with E-state index in [0.717, 1.165) is 17.0 Å². The van der Waals surface area contributed by atoms with Gasteiger partial charge >= 0.3 is 12.1 Å². The number of nitrogens with zero attached hydrogens (tertiary/aromatic N) is 1. The first-order valence-corrected chi connectivity index (χ1v) is 6.01. The lowest BCUT2D eigenvalue weighted by atomic mass is 10.0. The van der Waals surface area contributed by atoms with Crippen LogP contribution in [0.2, 0.25) is 0 Å². The number of aliphatic carboxylic acids is 1. The molecule has 0 aliphatic carbocycles. The predicted molar refractivity (Wildman–Crippen MR) is 64.7 cm³/mol. The average Bonchev–Trinajstić information content (AvgIpc) is 2.29. The second-order valence-electron chi connectivity index (χ2n) is 4.39. The molecule has 0 aliphatic rings. The fraction of sp³-hybridized carbons (Fsp3) is 0.462. The van der Waals surface area contributed by atoms with Crippen molar-refractivity contribution in [2.75, 3.05) is 13.1 Å². The van der Waals surface area contributed by atoms with Crippen LogP contribution in [0.3, 0.4) is 0 Å². The summed E-state index contributed by atoms with van der Waals surface area (Å²) in [4.78, 5) is 11.6. The maximum absolute atomic E-state index is 12.8. The van der Waals surface area contributed by atoms with Gasteiger partial charge in [-0.2, -0.15) is 13.2 Å². The standard InChI is InChI=1S/C13H15F4NO2/c1-2-11(9-3-5-10(14)6-4-9)18(7-12(19)20)8-13(15,16)17/h3-6,11H,2,7-8H2,1H3,(H,19,20). The molecule has 1 rings (SSSR count). The third-order valence-corrected chi connectivity index (χ3v) is 2.80. The van der Waals surface area contributed by atoms with Gasteiger partial charge in [-0.15, -0.1) is 0 Å². The number of hydrogen-bond donors (Lipinski definition) is 1. The lowest BCUT2D eigenvalue weighted by molar-refractivity contribution is -0.158. The number of carbonyl (C=O) groups is 1. The van der Waals surface area contributed by atoms with Crippen molar-refractivity contribution >= 4 is 5.97 Å². The van der Waals surface area contributed by atoms with Crippen molar-refractivity contribution in [1.29, 1.82) is 0 Å². The third kappa shape index (κ3) is 5.16. The summed E-state index contributed by atoms with van der Waals surface area (Å²) in [7, 11) is 0. The largest absolute Gasteiger partial charge is 0.480 e. The Morgan fingerprint density at radius 1 is 1.30 bits per heavy atom. The van der Waals surface area contributed by atoms with Crippen molar-refractivity contribution < 1.29 is 27.5 Å². The molecule has 0 bridgehead atoms. The quantitative estimate of drug-likeness (QED) is 0.819. The molecule has 1 N–H and O–H groups in total. The van der Waals surface area contributed by atoms with Crippen LogP contribution in [0, 0.1) is 5.82 Å². The van der Waals surface area contributed by atoms with Gasteiger partial charge in [0.2, 0.25) is 0 Å². The number of alkyl halides is 3. The van der Waals surface area contributed by atoms with Gasteiger partial charge in [-0.05, 0) is 24.1 Å². The Balaban J connectivity index is 3.00. The monoisotopic (exact) mass is 293 g/mol. The molecule has 7 heteroatoms. The highest BCUT2D eigenvalue weighted by atomic mass is 19.4. The minimum atomic E-state index is -4.50. The number of rotatable bonds is 6. The summed E-state index contributed by atoms with van der Waals surface area (Å²) < 4.78 is 50.5. The van der Waals surface area contributed by atoms with Gasteiger partial charge in [0.1, 0.15) is 5.82 Å². The van der Waals surface area contributed by atoms with E-state index in [-0.39, 0.29) is 6.42 Å². The molecule has 0 spiro atoms. The molecule has 20 heavy (non-hydrogen) atoms. The lowest BCUT2D eigenvalue weighted by Crippen LogP contribution is -2.40. The summed E-state index contributed by atoms with van der Waals surface area (Å²) in [5.41, 5.74) is 0.458. The van der Waals surface area contributed by atoms with Crippen molar-refractivity contribution in [2.24, 2.45) is 0 Å². The maximum Gasteiger partial charge on any atom is 0.401 e. The Kier molecular flexibility index (Phi) is 5.50. The molecule has 0 saturated heterocycles. The van der Waals surface area contributed by atoms with Crippen molar-refractivity contribution in [1.82, 2.24) is 4.90 Å². The van der Waals surface area contributed by atoms with Crippen LogP contribution in [0.4, 0.5) is 17.6 Å². The van der Waals surface area contributed by atoms with Gasteiger partial charge in [0.05, 0.1) is 13.1 Å².